The Balaban J connectivity index is 2.88. The molecule has 5 nitrogen and oxygen atoms in total. The number of halogens is 2. The molecule has 0 fully saturated rings. The number of carbonyl (C=O) groups is 1. The number of nitrogens with one attached hydrogen (secondary N) is 1. The van der Waals surface area contributed by atoms with Gasteiger partial charge in [-0.15, -0.1) is 3.89 Å². The number of hydrogen-bond donors (Lipinski definition) is 1. The third-order valence-electron chi connectivity index (χ3n) is 2.02. The van der Waals surface area contributed by atoms with Gasteiger partial charge in [-0.3, -0.25) is 5.32 Å². The Morgan fingerprint density at radius 2 is 1.95 bits per heavy atom. The minimum Gasteiger partial charge on any atom is -0.444 e. The second-order valence-corrected chi connectivity index (χ2v) is 6.48. The van der Waals surface area contributed by atoms with Crippen LogP contribution in [0.5, 0.6) is 0 Å². The third kappa shape index (κ3) is 5.96. The zero-order valence-corrected chi connectivity index (χ0v) is 12.1. The number of carbonyl (C=O) groups excluding carboxylic acids is 1. The van der Waals surface area contributed by atoms with Crippen molar-refractivity contribution < 1.29 is 26.2 Å². The molecule has 0 bridgehead atoms. The van der Waals surface area contributed by atoms with Crippen LogP contribution < -0.4 is 5.32 Å². The number of hydrogen-bond acceptors (Lipinski definition) is 4. The summed E-state index contributed by atoms with van der Waals surface area (Å²) < 4.78 is 51.9. The molecular weight excluding hydrogens is 292 g/mol. The lowest BCUT2D eigenvalue weighted by Gasteiger charge is -2.19. The summed E-state index contributed by atoms with van der Waals surface area (Å²) in [7, 11) is -4.86. The van der Waals surface area contributed by atoms with Crippen molar-refractivity contribution in [3.63, 3.8) is 0 Å². The molecule has 0 aliphatic rings. The molecule has 1 aromatic carbocycles. The van der Waals surface area contributed by atoms with Gasteiger partial charge in [0.2, 0.25) is 0 Å². The number of anilines is 1. The maximum Gasteiger partial charge on any atom is 0.412 e. The lowest BCUT2D eigenvalue weighted by Crippen LogP contribution is -2.27. The summed E-state index contributed by atoms with van der Waals surface area (Å²) in [6.07, 6.45) is -0.779. The molecular formula is C12H15F2NO4S. The van der Waals surface area contributed by atoms with E-state index in [9.17, 15) is 21.5 Å². The Kier molecular flexibility index (Phi) is 4.69. The fourth-order valence-corrected chi connectivity index (χ4v) is 1.96. The number of rotatable bonds is 3. The zero-order valence-electron chi connectivity index (χ0n) is 11.2. The van der Waals surface area contributed by atoms with E-state index < -0.39 is 33.5 Å². The molecule has 0 saturated heterocycles. The molecule has 0 aromatic heterocycles. The van der Waals surface area contributed by atoms with Gasteiger partial charge in [-0.1, -0.05) is 0 Å². The van der Waals surface area contributed by atoms with Crippen molar-refractivity contribution >= 4 is 22.0 Å². The van der Waals surface area contributed by atoms with Gasteiger partial charge in [0, 0.05) is 11.3 Å². The van der Waals surface area contributed by atoms with Crippen molar-refractivity contribution in [2.75, 3.05) is 5.32 Å². The topological polar surface area (TPSA) is 72.5 Å². The Bertz CT molecular complexity index is 608. The minimum atomic E-state index is -4.86. The number of ether oxygens (including phenoxy) is 1. The Morgan fingerprint density at radius 3 is 2.45 bits per heavy atom. The Labute approximate surface area is 116 Å². The first kappa shape index (κ1) is 16.4. The molecule has 1 N–H and O–H groups in total. The number of benzene rings is 1. The first-order valence-corrected chi connectivity index (χ1v) is 7.22. The average molecular weight is 307 g/mol. The van der Waals surface area contributed by atoms with Gasteiger partial charge in [0.05, 0.1) is 0 Å². The zero-order chi connectivity index (χ0) is 15.6. The van der Waals surface area contributed by atoms with Crippen LogP contribution in [0.1, 0.15) is 26.3 Å². The van der Waals surface area contributed by atoms with E-state index in [0.717, 1.165) is 12.1 Å². The summed E-state index contributed by atoms with van der Waals surface area (Å²) in [5, 5.41) is 2.31. The predicted octanol–water partition coefficient (Wildman–Crippen LogP) is 2.97. The van der Waals surface area contributed by atoms with Gasteiger partial charge in [0.15, 0.2) is 0 Å². The van der Waals surface area contributed by atoms with Crippen molar-refractivity contribution in [2.45, 2.75) is 32.1 Å². The van der Waals surface area contributed by atoms with Gasteiger partial charge in [-0.2, -0.15) is 8.42 Å². The highest BCUT2D eigenvalue weighted by molar-refractivity contribution is 7.85. The molecule has 0 spiro atoms. The molecule has 8 heteroatoms. The van der Waals surface area contributed by atoms with E-state index in [4.69, 9.17) is 4.74 Å². The van der Waals surface area contributed by atoms with E-state index in [1.807, 2.05) is 0 Å². The van der Waals surface area contributed by atoms with Crippen molar-refractivity contribution in [1.29, 1.82) is 0 Å². The van der Waals surface area contributed by atoms with E-state index in [1.165, 1.54) is 6.07 Å². The van der Waals surface area contributed by atoms with Crippen molar-refractivity contribution in [1.82, 2.24) is 0 Å². The van der Waals surface area contributed by atoms with E-state index in [1.54, 1.807) is 20.8 Å². The van der Waals surface area contributed by atoms with Crippen LogP contribution in [0.25, 0.3) is 0 Å². The quantitative estimate of drug-likeness (QED) is 0.871. The molecule has 0 atom stereocenters. The van der Waals surface area contributed by atoms with Gasteiger partial charge < -0.3 is 4.74 Å². The fraction of sp³-hybridized carbons (Fsp3) is 0.417. The largest absolute Gasteiger partial charge is 0.444 e. The van der Waals surface area contributed by atoms with Crippen LogP contribution in [-0.4, -0.2) is 20.1 Å². The van der Waals surface area contributed by atoms with Crippen LogP contribution in [0.15, 0.2) is 18.2 Å². The Hall–Kier alpha value is -1.70. The van der Waals surface area contributed by atoms with Crippen molar-refractivity contribution in [3.8, 4) is 0 Å². The standard InChI is InChI=1S/C12H15F2NO4S/c1-12(2,3)19-11(16)15-9-4-5-10(13)8(6-9)7-20(14,17)18/h4-6H,7H2,1-3H3,(H,15,16). The highest BCUT2D eigenvalue weighted by Crippen LogP contribution is 2.19. The summed E-state index contributed by atoms with van der Waals surface area (Å²) >= 11 is 0. The van der Waals surface area contributed by atoms with Gasteiger partial charge in [0.25, 0.3) is 0 Å². The molecule has 1 aromatic rings. The predicted molar refractivity (Wildman–Crippen MR) is 70.0 cm³/mol. The van der Waals surface area contributed by atoms with Gasteiger partial charge >= 0.3 is 16.3 Å². The summed E-state index contributed by atoms with van der Waals surface area (Å²) in [6, 6.07) is 3.19. The molecule has 0 saturated carbocycles. The fourth-order valence-electron chi connectivity index (χ4n) is 1.37. The highest BCUT2D eigenvalue weighted by Gasteiger charge is 2.18. The van der Waals surface area contributed by atoms with Crippen LogP contribution >= 0.6 is 0 Å². The summed E-state index contributed by atoms with van der Waals surface area (Å²) in [6.45, 7) is 5.00. The molecule has 0 heterocycles. The van der Waals surface area contributed by atoms with Gasteiger partial charge in [0.1, 0.15) is 17.2 Å². The van der Waals surface area contributed by atoms with Crippen LogP contribution in [0.3, 0.4) is 0 Å². The first-order valence-electron chi connectivity index (χ1n) is 5.67. The summed E-state index contributed by atoms with van der Waals surface area (Å²) in [5.74, 6) is -1.97. The summed E-state index contributed by atoms with van der Waals surface area (Å²) in [5.41, 5.74) is -0.977. The molecule has 0 aliphatic heterocycles. The number of amides is 1. The monoisotopic (exact) mass is 307 g/mol. The molecule has 0 unspecified atom stereocenters. The van der Waals surface area contributed by atoms with Crippen molar-refractivity contribution in [3.05, 3.63) is 29.6 Å². The first-order chi connectivity index (χ1) is 8.96. The van der Waals surface area contributed by atoms with E-state index in [2.05, 4.69) is 5.32 Å². The maximum absolute atomic E-state index is 13.3. The summed E-state index contributed by atoms with van der Waals surface area (Å²) in [4.78, 5) is 11.5. The average Bonchev–Trinajstić information content (AvgIpc) is 2.18. The molecule has 0 radical (unpaired) electrons. The van der Waals surface area contributed by atoms with E-state index in [-0.39, 0.29) is 11.3 Å². The van der Waals surface area contributed by atoms with E-state index in [0.29, 0.717) is 0 Å². The second-order valence-electron chi connectivity index (χ2n) is 5.12. The van der Waals surface area contributed by atoms with Crippen LogP contribution in [0, 0.1) is 5.82 Å². The molecule has 1 amide bonds. The smallest absolute Gasteiger partial charge is 0.412 e. The lowest BCUT2D eigenvalue weighted by atomic mass is 10.2. The van der Waals surface area contributed by atoms with Crippen molar-refractivity contribution in [2.24, 2.45) is 0 Å². The highest BCUT2D eigenvalue weighted by atomic mass is 32.3. The van der Waals surface area contributed by atoms with Crippen LogP contribution in [-0.2, 0) is 20.7 Å². The van der Waals surface area contributed by atoms with E-state index >= 15 is 0 Å². The van der Waals surface area contributed by atoms with Gasteiger partial charge in [-0.25, -0.2) is 9.18 Å². The van der Waals surface area contributed by atoms with Crippen LogP contribution in [0.4, 0.5) is 18.8 Å². The van der Waals surface area contributed by atoms with Crippen LogP contribution in [0.2, 0.25) is 0 Å². The molecule has 20 heavy (non-hydrogen) atoms. The normalized spacial score (nSPS) is 12.1. The Morgan fingerprint density at radius 1 is 1.35 bits per heavy atom. The van der Waals surface area contributed by atoms with Gasteiger partial charge in [-0.05, 0) is 39.0 Å². The third-order valence-corrected chi connectivity index (χ3v) is 2.67. The molecule has 0 aliphatic carbocycles. The lowest BCUT2D eigenvalue weighted by molar-refractivity contribution is 0.0636. The molecule has 1 rings (SSSR count). The SMILES string of the molecule is CC(C)(C)OC(=O)Nc1ccc(F)c(CS(=O)(=O)F)c1. The maximum atomic E-state index is 13.3. The minimum absolute atomic E-state index is 0.110. The second kappa shape index (κ2) is 5.74. The molecule has 112 valence electrons.